The van der Waals surface area contributed by atoms with Gasteiger partial charge in [-0.05, 0) is 47.9 Å². The Balaban J connectivity index is 1.77. The molecule has 0 heterocycles. The summed E-state index contributed by atoms with van der Waals surface area (Å²) in [6, 6.07) is 10.5. The molecular formula is C29H46O3. The summed E-state index contributed by atoms with van der Waals surface area (Å²) < 4.78 is 17.7. The van der Waals surface area contributed by atoms with Gasteiger partial charge in [-0.2, -0.15) is 0 Å². The van der Waals surface area contributed by atoms with Crippen molar-refractivity contribution < 1.29 is 14.2 Å². The summed E-state index contributed by atoms with van der Waals surface area (Å²) in [5.41, 5.74) is 0. The highest BCUT2D eigenvalue weighted by Crippen LogP contribution is 2.34. The van der Waals surface area contributed by atoms with Crippen molar-refractivity contribution in [3.8, 4) is 17.2 Å². The monoisotopic (exact) mass is 442 g/mol. The van der Waals surface area contributed by atoms with Crippen LogP contribution >= 0.6 is 0 Å². The quantitative estimate of drug-likeness (QED) is 0.203. The molecule has 0 aromatic heterocycles. The fourth-order valence-corrected chi connectivity index (χ4v) is 4.09. The SMILES string of the molecule is CCCCCCCCCOc1ccc2cc(OCCCCCCCCC)c(OC)cc2c1. The summed E-state index contributed by atoms with van der Waals surface area (Å²) in [5.74, 6) is 2.56. The molecule has 2 aromatic rings. The first kappa shape index (κ1) is 26.4. The van der Waals surface area contributed by atoms with Gasteiger partial charge in [0, 0.05) is 0 Å². The fourth-order valence-electron chi connectivity index (χ4n) is 4.09. The number of methoxy groups -OCH3 is 1. The topological polar surface area (TPSA) is 27.7 Å². The zero-order chi connectivity index (χ0) is 22.9. The van der Waals surface area contributed by atoms with E-state index in [0.29, 0.717) is 0 Å². The Kier molecular flexibility index (Phi) is 13.7. The maximum atomic E-state index is 6.06. The van der Waals surface area contributed by atoms with E-state index in [-0.39, 0.29) is 0 Å². The molecular weight excluding hydrogens is 396 g/mol. The number of fused-ring (bicyclic) bond motifs is 1. The second kappa shape index (κ2) is 16.7. The molecule has 180 valence electrons. The summed E-state index contributed by atoms with van der Waals surface area (Å²) in [6.45, 7) is 6.05. The standard InChI is InChI=1S/C29H46O3/c1-4-6-8-10-12-14-16-20-31-27-19-18-25-23-29(28(30-3)24-26(25)22-27)32-21-17-15-13-11-9-7-5-2/h18-19,22-24H,4-17,20-21H2,1-3H3. The minimum Gasteiger partial charge on any atom is -0.494 e. The third-order valence-corrected chi connectivity index (χ3v) is 6.12. The maximum Gasteiger partial charge on any atom is 0.161 e. The zero-order valence-corrected chi connectivity index (χ0v) is 20.9. The number of hydrogen-bond donors (Lipinski definition) is 0. The summed E-state index contributed by atoms with van der Waals surface area (Å²) in [4.78, 5) is 0. The molecule has 0 aliphatic carbocycles. The van der Waals surface area contributed by atoms with Crippen molar-refractivity contribution in [1.29, 1.82) is 0 Å². The molecule has 0 unspecified atom stereocenters. The molecule has 0 radical (unpaired) electrons. The molecule has 2 rings (SSSR count). The number of hydrogen-bond acceptors (Lipinski definition) is 3. The van der Waals surface area contributed by atoms with Crippen LogP contribution in [0.15, 0.2) is 30.3 Å². The fraction of sp³-hybridized carbons (Fsp3) is 0.655. The van der Waals surface area contributed by atoms with E-state index in [0.717, 1.165) is 54.1 Å². The Hall–Kier alpha value is -1.90. The predicted molar refractivity (Wildman–Crippen MR) is 137 cm³/mol. The second-order valence-electron chi connectivity index (χ2n) is 8.95. The highest BCUT2D eigenvalue weighted by Gasteiger charge is 2.08. The van der Waals surface area contributed by atoms with Gasteiger partial charge in [0.25, 0.3) is 0 Å². The number of rotatable bonds is 19. The van der Waals surface area contributed by atoms with Crippen molar-refractivity contribution in [3.63, 3.8) is 0 Å². The molecule has 0 saturated heterocycles. The van der Waals surface area contributed by atoms with E-state index in [2.05, 4.69) is 44.2 Å². The third kappa shape index (κ3) is 10.1. The van der Waals surface area contributed by atoms with E-state index in [1.54, 1.807) is 7.11 Å². The van der Waals surface area contributed by atoms with Crippen LogP contribution < -0.4 is 14.2 Å². The van der Waals surface area contributed by atoms with Gasteiger partial charge in [-0.15, -0.1) is 0 Å². The van der Waals surface area contributed by atoms with E-state index >= 15 is 0 Å². The molecule has 0 spiro atoms. The molecule has 2 aromatic carbocycles. The maximum absolute atomic E-state index is 6.06. The van der Waals surface area contributed by atoms with Crippen molar-refractivity contribution in [2.45, 2.75) is 104 Å². The minimum absolute atomic E-state index is 0.745. The van der Waals surface area contributed by atoms with Gasteiger partial charge in [0.05, 0.1) is 20.3 Å². The lowest BCUT2D eigenvalue weighted by Gasteiger charge is -2.13. The van der Waals surface area contributed by atoms with Crippen LogP contribution in [-0.4, -0.2) is 20.3 Å². The average molecular weight is 443 g/mol. The van der Waals surface area contributed by atoms with Crippen LogP contribution in [0, 0.1) is 0 Å². The van der Waals surface area contributed by atoms with Crippen molar-refractivity contribution >= 4 is 10.8 Å². The van der Waals surface area contributed by atoms with Crippen LogP contribution in [0.5, 0.6) is 17.2 Å². The normalized spacial score (nSPS) is 11.1. The Morgan fingerprint density at radius 3 is 1.66 bits per heavy atom. The second-order valence-corrected chi connectivity index (χ2v) is 8.95. The molecule has 0 amide bonds. The Labute approximate surface area is 196 Å². The van der Waals surface area contributed by atoms with Gasteiger partial charge in [-0.25, -0.2) is 0 Å². The smallest absolute Gasteiger partial charge is 0.161 e. The first-order chi connectivity index (χ1) is 15.8. The van der Waals surface area contributed by atoms with E-state index in [4.69, 9.17) is 14.2 Å². The van der Waals surface area contributed by atoms with Crippen LogP contribution in [0.2, 0.25) is 0 Å². The van der Waals surface area contributed by atoms with E-state index < -0.39 is 0 Å². The first-order valence-corrected chi connectivity index (χ1v) is 13.2. The van der Waals surface area contributed by atoms with Crippen LogP contribution in [-0.2, 0) is 0 Å². The van der Waals surface area contributed by atoms with Gasteiger partial charge >= 0.3 is 0 Å². The Morgan fingerprint density at radius 2 is 1.06 bits per heavy atom. The molecule has 0 aliphatic rings. The number of benzene rings is 2. The summed E-state index contributed by atoms with van der Waals surface area (Å²) in [5, 5.41) is 2.28. The zero-order valence-electron chi connectivity index (χ0n) is 20.9. The van der Waals surface area contributed by atoms with Gasteiger partial charge < -0.3 is 14.2 Å². The summed E-state index contributed by atoms with van der Waals surface area (Å²) in [7, 11) is 1.71. The molecule has 0 saturated carbocycles. The van der Waals surface area contributed by atoms with Crippen molar-refractivity contribution in [2.24, 2.45) is 0 Å². The van der Waals surface area contributed by atoms with Gasteiger partial charge in [-0.1, -0.05) is 97.0 Å². The molecule has 0 bridgehead atoms. The number of ether oxygens (including phenoxy) is 3. The largest absolute Gasteiger partial charge is 0.494 e. The third-order valence-electron chi connectivity index (χ3n) is 6.12. The average Bonchev–Trinajstić information content (AvgIpc) is 2.82. The lowest BCUT2D eigenvalue weighted by atomic mass is 10.1. The van der Waals surface area contributed by atoms with Crippen molar-refractivity contribution in [1.82, 2.24) is 0 Å². The van der Waals surface area contributed by atoms with Gasteiger partial charge in [0.2, 0.25) is 0 Å². The first-order valence-electron chi connectivity index (χ1n) is 13.2. The Morgan fingerprint density at radius 1 is 0.531 bits per heavy atom. The predicted octanol–water partition coefficient (Wildman–Crippen LogP) is 9.11. The summed E-state index contributed by atoms with van der Waals surface area (Å²) >= 11 is 0. The molecule has 32 heavy (non-hydrogen) atoms. The van der Waals surface area contributed by atoms with Crippen LogP contribution in [0.4, 0.5) is 0 Å². The highest BCUT2D eigenvalue weighted by atomic mass is 16.5. The summed E-state index contributed by atoms with van der Waals surface area (Å²) in [6.07, 6.45) is 18.1. The molecule has 3 nitrogen and oxygen atoms in total. The van der Waals surface area contributed by atoms with E-state index in [1.807, 2.05) is 0 Å². The van der Waals surface area contributed by atoms with Gasteiger partial charge in [0.1, 0.15) is 5.75 Å². The molecule has 3 heteroatoms. The number of unbranched alkanes of at least 4 members (excludes halogenated alkanes) is 12. The molecule has 0 N–H and O–H groups in total. The van der Waals surface area contributed by atoms with Gasteiger partial charge in [0.15, 0.2) is 11.5 Å². The Bertz CT molecular complexity index is 741. The lowest BCUT2D eigenvalue weighted by Crippen LogP contribution is -2.00. The minimum atomic E-state index is 0.745. The molecule has 0 fully saturated rings. The lowest BCUT2D eigenvalue weighted by molar-refractivity contribution is 0.285. The van der Waals surface area contributed by atoms with Crippen LogP contribution in [0.1, 0.15) is 104 Å². The van der Waals surface area contributed by atoms with E-state index in [9.17, 15) is 0 Å². The molecule has 0 atom stereocenters. The highest BCUT2D eigenvalue weighted by molar-refractivity contribution is 5.87. The molecule has 0 aliphatic heterocycles. The van der Waals surface area contributed by atoms with Crippen LogP contribution in [0.25, 0.3) is 10.8 Å². The van der Waals surface area contributed by atoms with Gasteiger partial charge in [-0.3, -0.25) is 0 Å². The van der Waals surface area contributed by atoms with Crippen LogP contribution in [0.3, 0.4) is 0 Å². The van der Waals surface area contributed by atoms with Crippen molar-refractivity contribution in [3.05, 3.63) is 30.3 Å². The van der Waals surface area contributed by atoms with Crippen molar-refractivity contribution in [2.75, 3.05) is 20.3 Å². The van der Waals surface area contributed by atoms with E-state index in [1.165, 1.54) is 77.0 Å².